The van der Waals surface area contributed by atoms with Crippen LogP contribution in [0, 0.1) is 0 Å². The summed E-state index contributed by atoms with van der Waals surface area (Å²) in [5.74, 6) is 0. The average Bonchev–Trinajstić information content (AvgIpc) is 2.46. The Morgan fingerprint density at radius 2 is 2.16 bits per heavy atom. The maximum atomic E-state index is 5.36. The van der Waals surface area contributed by atoms with Gasteiger partial charge in [0.25, 0.3) is 0 Å². The molecule has 0 saturated heterocycles. The fourth-order valence-electron chi connectivity index (χ4n) is 3.34. The summed E-state index contributed by atoms with van der Waals surface area (Å²) in [4.78, 5) is 0. The minimum Gasteiger partial charge on any atom is -0.385 e. The van der Waals surface area contributed by atoms with Gasteiger partial charge in [-0.05, 0) is 49.8 Å². The van der Waals surface area contributed by atoms with Crippen LogP contribution in [0.25, 0.3) is 0 Å². The molecule has 2 nitrogen and oxygen atoms in total. The molecule has 2 rings (SSSR count). The van der Waals surface area contributed by atoms with Crippen molar-refractivity contribution in [1.82, 2.24) is 5.32 Å². The molecule has 0 amide bonds. The number of hydrogen-bond acceptors (Lipinski definition) is 2. The standard InChI is InChI=1S/C17H27NO/c1-3-12-18-14-17(11-13-19-2)10-6-8-15-7-4-5-9-16(15)17/h4-5,7,9,18H,3,6,8,10-14H2,1-2H3. The van der Waals surface area contributed by atoms with Crippen LogP contribution >= 0.6 is 0 Å². The van der Waals surface area contributed by atoms with Gasteiger partial charge in [-0.15, -0.1) is 0 Å². The van der Waals surface area contributed by atoms with E-state index in [-0.39, 0.29) is 5.41 Å². The number of fused-ring (bicyclic) bond motifs is 1. The van der Waals surface area contributed by atoms with Crippen LogP contribution in [0.1, 0.15) is 43.7 Å². The number of benzene rings is 1. The molecular weight excluding hydrogens is 234 g/mol. The summed E-state index contributed by atoms with van der Waals surface area (Å²) < 4.78 is 5.36. The van der Waals surface area contributed by atoms with E-state index in [0.29, 0.717) is 0 Å². The summed E-state index contributed by atoms with van der Waals surface area (Å²) in [7, 11) is 1.81. The Hall–Kier alpha value is -0.860. The maximum Gasteiger partial charge on any atom is 0.0471 e. The van der Waals surface area contributed by atoms with E-state index in [1.807, 2.05) is 7.11 Å². The fraction of sp³-hybridized carbons (Fsp3) is 0.647. The third-order valence-electron chi connectivity index (χ3n) is 4.37. The smallest absolute Gasteiger partial charge is 0.0471 e. The normalized spacial score (nSPS) is 22.2. The highest BCUT2D eigenvalue weighted by molar-refractivity contribution is 5.37. The predicted octanol–water partition coefficient (Wildman–Crippen LogP) is 3.30. The van der Waals surface area contributed by atoms with Gasteiger partial charge in [-0.1, -0.05) is 31.2 Å². The number of aryl methyl sites for hydroxylation is 1. The van der Waals surface area contributed by atoms with E-state index in [4.69, 9.17) is 4.74 Å². The molecule has 2 heteroatoms. The quantitative estimate of drug-likeness (QED) is 0.760. The first kappa shape index (κ1) is 14.5. The highest BCUT2D eigenvalue weighted by Crippen LogP contribution is 2.39. The molecule has 0 bridgehead atoms. The van der Waals surface area contributed by atoms with Crippen molar-refractivity contribution in [1.29, 1.82) is 0 Å². The van der Waals surface area contributed by atoms with Crippen LogP contribution in [0.5, 0.6) is 0 Å². The lowest BCUT2D eigenvalue weighted by molar-refractivity contribution is 0.157. The van der Waals surface area contributed by atoms with Gasteiger partial charge < -0.3 is 10.1 Å². The van der Waals surface area contributed by atoms with Crippen LogP contribution in [0.4, 0.5) is 0 Å². The molecule has 1 aliphatic carbocycles. The van der Waals surface area contributed by atoms with E-state index in [9.17, 15) is 0 Å². The molecule has 0 radical (unpaired) electrons. The first-order valence-electron chi connectivity index (χ1n) is 7.60. The Morgan fingerprint density at radius 3 is 2.95 bits per heavy atom. The topological polar surface area (TPSA) is 21.3 Å². The van der Waals surface area contributed by atoms with Crippen LogP contribution in [0.3, 0.4) is 0 Å². The Bertz CT molecular complexity index is 391. The van der Waals surface area contributed by atoms with Gasteiger partial charge in [-0.25, -0.2) is 0 Å². The SMILES string of the molecule is CCCNCC1(CCOC)CCCc2ccccc21. The predicted molar refractivity (Wildman–Crippen MR) is 80.7 cm³/mol. The molecule has 0 aliphatic heterocycles. The molecule has 0 fully saturated rings. The van der Waals surface area contributed by atoms with Gasteiger partial charge in [0, 0.05) is 25.7 Å². The molecule has 1 N–H and O–H groups in total. The van der Waals surface area contributed by atoms with E-state index in [2.05, 4.69) is 36.5 Å². The summed E-state index contributed by atoms with van der Waals surface area (Å²) in [6.07, 6.45) is 6.14. The van der Waals surface area contributed by atoms with Crippen molar-refractivity contribution in [2.24, 2.45) is 0 Å². The lowest BCUT2D eigenvalue weighted by Gasteiger charge is -2.39. The van der Waals surface area contributed by atoms with Crippen molar-refractivity contribution in [3.05, 3.63) is 35.4 Å². The Kier molecular flexibility index (Phi) is 5.41. The van der Waals surface area contributed by atoms with Crippen LogP contribution < -0.4 is 5.32 Å². The summed E-state index contributed by atoms with van der Waals surface area (Å²) in [6.45, 7) is 5.27. The van der Waals surface area contributed by atoms with Gasteiger partial charge in [0.15, 0.2) is 0 Å². The molecule has 0 heterocycles. The van der Waals surface area contributed by atoms with Gasteiger partial charge >= 0.3 is 0 Å². The minimum atomic E-state index is 0.278. The van der Waals surface area contributed by atoms with Crippen molar-refractivity contribution in [3.8, 4) is 0 Å². The van der Waals surface area contributed by atoms with Gasteiger partial charge in [0.1, 0.15) is 0 Å². The fourth-order valence-corrected chi connectivity index (χ4v) is 3.34. The number of rotatable bonds is 7. The summed E-state index contributed by atoms with van der Waals surface area (Å²) in [6, 6.07) is 8.99. The van der Waals surface area contributed by atoms with Crippen LogP contribution in [0.15, 0.2) is 24.3 Å². The average molecular weight is 261 g/mol. The van der Waals surface area contributed by atoms with E-state index >= 15 is 0 Å². The highest BCUT2D eigenvalue weighted by atomic mass is 16.5. The number of hydrogen-bond donors (Lipinski definition) is 1. The summed E-state index contributed by atoms with van der Waals surface area (Å²) in [5.41, 5.74) is 3.38. The largest absolute Gasteiger partial charge is 0.385 e. The van der Waals surface area contributed by atoms with Crippen LogP contribution in [-0.4, -0.2) is 26.8 Å². The minimum absolute atomic E-state index is 0.278. The second-order valence-corrected chi connectivity index (χ2v) is 5.71. The zero-order valence-corrected chi connectivity index (χ0v) is 12.4. The van der Waals surface area contributed by atoms with Gasteiger partial charge in [0.05, 0.1) is 0 Å². The molecule has 1 unspecified atom stereocenters. The third-order valence-corrected chi connectivity index (χ3v) is 4.37. The van der Waals surface area contributed by atoms with Crippen molar-refractivity contribution >= 4 is 0 Å². The second kappa shape index (κ2) is 7.06. The van der Waals surface area contributed by atoms with E-state index in [1.54, 1.807) is 11.1 Å². The molecule has 1 aromatic carbocycles. The van der Waals surface area contributed by atoms with Crippen molar-refractivity contribution in [2.75, 3.05) is 26.8 Å². The van der Waals surface area contributed by atoms with Crippen molar-refractivity contribution < 1.29 is 4.74 Å². The van der Waals surface area contributed by atoms with Gasteiger partial charge in [-0.3, -0.25) is 0 Å². The zero-order chi connectivity index (χ0) is 13.6. The Labute approximate surface area is 117 Å². The number of ether oxygens (including phenoxy) is 1. The van der Waals surface area contributed by atoms with E-state index in [1.165, 1.54) is 25.7 Å². The Balaban J connectivity index is 2.22. The van der Waals surface area contributed by atoms with E-state index < -0.39 is 0 Å². The molecule has 1 aromatic rings. The van der Waals surface area contributed by atoms with Gasteiger partial charge in [-0.2, -0.15) is 0 Å². The monoisotopic (exact) mass is 261 g/mol. The molecule has 106 valence electrons. The first-order chi connectivity index (χ1) is 9.32. The maximum absolute atomic E-state index is 5.36. The van der Waals surface area contributed by atoms with Gasteiger partial charge in [0.2, 0.25) is 0 Å². The third kappa shape index (κ3) is 3.37. The molecular formula is C17H27NO. The highest BCUT2D eigenvalue weighted by Gasteiger charge is 2.35. The van der Waals surface area contributed by atoms with Crippen LogP contribution in [-0.2, 0) is 16.6 Å². The van der Waals surface area contributed by atoms with Crippen LogP contribution in [0.2, 0.25) is 0 Å². The summed E-state index contributed by atoms with van der Waals surface area (Å²) >= 11 is 0. The molecule has 0 saturated carbocycles. The summed E-state index contributed by atoms with van der Waals surface area (Å²) in [5, 5.41) is 3.64. The lowest BCUT2D eigenvalue weighted by Crippen LogP contribution is -2.42. The molecule has 0 spiro atoms. The zero-order valence-electron chi connectivity index (χ0n) is 12.4. The lowest BCUT2D eigenvalue weighted by atomic mass is 9.68. The second-order valence-electron chi connectivity index (χ2n) is 5.71. The molecule has 1 aliphatic rings. The van der Waals surface area contributed by atoms with E-state index in [0.717, 1.165) is 26.1 Å². The number of methoxy groups -OCH3 is 1. The van der Waals surface area contributed by atoms with Crippen molar-refractivity contribution in [3.63, 3.8) is 0 Å². The number of nitrogens with one attached hydrogen (secondary N) is 1. The first-order valence-corrected chi connectivity index (χ1v) is 7.60. The molecule has 19 heavy (non-hydrogen) atoms. The molecule has 0 aromatic heterocycles. The van der Waals surface area contributed by atoms with Crippen molar-refractivity contribution in [2.45, 2.75) is 44.4 Å². The molecule has 1 atom stereocenters. The Morgan fingerprint density at radius 1 is 1.32 bits per heavy atom.